The molecule has 0 amide bonds. The molecule has 0 heterocycles. The molecule has 0 spiro atoms. The van der Waals surface area contributed by atoms with E-state index >= 15 is 0 Å². The predicted octanol–water partition coefficient (Wildman–Crippen LogP) is 3.95. The van der Waals surface area contributed by atoms with E-state index < -0.39 is 0 Å². The van der Waals surface area contributed by atoms with Crippen molar-refractivity contribution in [2.24, 2.45) is 0 Å². The van der Waals surface area contributed by atoms with Crippen LogP contribution < -0.4 is 4.74 Å². The van der Waals surface area contributed by atoms with Gasteiger partial charge in [0, 0.05) is 11.1 Å². The summed E-state index contributed by atoms with van der Waals surface area (Å²) in [6.07, 6.45) is 0. The van der Waals surface area contributed by atoms with Crippen LogP contribution in [0.25, 0.3) is 0 Å². The minimum Gasteiger partial charge on any atom is -0.488 e. The molecule has 0 atom stereocenters. The van der Waals surface area contributed by atoms with Gasteiger partial charge in [-0.25, -0.2) is 0 Å². The number of halogens is 2. The Kier molecular flexibility index (Phi) is 3.64. The summed E-state index contributed by atoms with van der Waals surface area (Å²) in [5.74, 6) is 0.595. The SMILES string of the molecule is C=C(C)COc1cc(Cl)ccc1Cl. The summed E-state index contributed by atoms with van der Waals surface area (Å²) in [4.78, 5) is 0. The molecular formula is C10H10Cl2O. The second-order valence-corrected chi connectivity index (χ2v) is 3.66. The van der Waals surface area contributed by atoms with Gasteiger partial charge in [0.25, 0.3) is 0 Å². The van der Waals surface area contributed by atoms with E-state index in [1.807, 2.05) is 6.92 Å². The van der Waals surface area contributed by atoms with Gasteiger partial charge in [0.05, 0.1) is 5.02 Å². The van der Waals surface area contributed by atoms with Crippen LogP contribution in [0.15, 0.2) is 30.4 Å². The summed E-state index contributed by atoms with van der Waals surface area (Å²) in [5, 5.41) is 1.17. The van der Waals surface area contributed by atoms with E-state index in [-0.39, 0.29) is 0 Å². The van der Waals surface area contributed by atoms with Gasteiger partial charge in [-0.3, -0.25) is 0 Å². The van der Waals surface area contributed by atoms with Gasteiger partial charge in [0.1, 0.15) is 12.4 Å². The molecule has 0 aliphatic rings. The van der Waals surface area contributed by atoms with Crippen molar-refractivity contribution in [2.75, 3.05) is 6.61 Å². The molecule has 0 fully saturated rings. The molecule has 0 aromatic heterocycles. The average molecular weight is 217 g/mol. The maximum Gasteiger partial charge on any atom is 0.139 e. The molecular weight excluding hydrogens is 207 g/mol. The van der Waals surface area contributed by atoms with Crippen molar-refractivity contribution in [3.05, 3.63) is 40.4 Å². The molecule has 0 N–H and O–H groups in total. The highest BCUT2D eigenvalue weighted by Crippen LogP contribution is 2.27. The fourth-order valence-electron chi connectivity index (χ4n) is 0.789. The molecule has 0 aliphatic heterocycles. The highest BCUT2D eigenvalue weighted by molar-refractivity contribution is 6.34. The number of benzene rings is 1. The molecule has 0 radical (unpaired) electrons. The van der Waals surface area contributed by atoms with Crippen molar-refractivity contribution in [3.8, 4) is 5.75 Å². The van der Waals surface area contributed by atoms with Crippen molar-refractivity contribution in [1.82, 2.24) is 0 Å². The smallest absolute Gasteiger partial charge is 0.139 e. The first-order valence-electron chi connectivity index (χ1n) is 3.82. The number of hydrogen-bond acceptors (Lipinski definition) is 1. The molecule has 1 rings (SSSR count). The Morgan fingerprint density at radius 1 is 1.46 bits per heavy atom. The molecule has 1 aromatic rings. The molecule has 0 saturated carbocycles. The summed E-state index contributed by atoms with van der Waals surface area (Å²) < 4.78 is 5.36. The fourth-order valence-corrected chi connectivity index (χ4v) is 1.12. The molecule has 13 heavy (non-hydrogen) atoms. The van der Waals surface area contributed by atoms with Crippen molar-refractivity contribution < 1.29 is 4.74 Å². The van der Waals surface area contributed by atoms with Gasteiger partial charge < -0.3 is 4.74 Å². The third kappa shape index (κ3) is 3.29. The summed E-state index contributed by atoms with van der Waals surface area (Å²) >= 11 is 11.6. The van der Waals surface area contributed by atoms with Gasteiger partial charge in [-0.1, -0.05) is 29.8 Å². The van der Waals surface area contributed by atoms with E-state index in [2.05, 4.69) is 6.58 Å². The number of rotatable bonds is 3. The van der Waals surface area contributed by atoms with Gasteiger partial charge in [0.2, 0.25) is 0 Å². The van der Waals surface area contributed by atoms with Gasteiger partial charge in [-0.15, -0.1) is 0 Å². The molecule has 70 valence electrons. The minimum absolute atomic E-state index is 0.458. The summed E-state index contributed by atoms with van der Waals surface area (Å²) in [6.45, 7) is 6.07. The Balaban J connectivity index is 2.75. The zero-order valence-electron chi connectivity index (χ0n) is 7.31. The Morgan fingerprint density at radius 3 is 2.77 bits per heavy atom. The van der Waals surface area contributed by atoms with Gasteiger partial charge >= 0.3 is 0 Å². The lowest BCUT2D eigenvalue weighted by Crippen LogP contribution is -1.97. The lowest BCUT2D eigenvalue weighted by atomic mass is 10.3. The Bertz CT molecular complexity index is 321. The first-order valence-corrected chi connectivity index (χ1v) is 4.57. The molecule has 0 aliphatic carbocycles. The van der Waals surface area contributed by atoms with Crippen LogP contribution in [0.5, 0.6) is 5.75 Å². The topological polar surface area (TPSA) is 9.23 Å². The van der Waals surface area contributed by atoms with Crippen LogP contribution in [0.3, 0.4) is 0 Å². The van der Waals surface area contributed by atoms with Crippen LogP contribution in [0.1, 0.15) is 6.92 Å². The third-order valence-electron chi connectivity index (χ3n) is 1.37. The zero-order chi connectivity index (χ0) is 9.84. The minimum atomic E-state index is 0.458. The van der Waals surface area contributed by atoms with Crippen molar-refractivity contribution in [2.45, 2.75) is 6.92 Å². The van der Waals surface area contributed by atoms with Gasteiger partial charge in [0.15, 0.2) is 0 Å². The van der Waals surface area contributed by atoms with Crippen LogP contribution in [-0.2, 0) is 0 Å². The second kappa shape index (κ2) is 4.54. The van der Waals surface area contributed by atoms with Crippen LogP contribution in [0, 0.1) is 0 Å². The molecule has 1 aromatic carbocycles. The Hall–Kier alpha value is -0.660. The van der Waals surface area contributed by atoms with Crippen molar-refractivity contribution in [3.63, 3.8) is 0 Å². The van der Waals surface area contributed by atoms with Crippen molar-refractivity contribution in [1.29, 1.82) is 0 Å². The largest absolute Gasteiger partial charge is 0.488 e. The van der Waals surface area contributed by atoms with E-state index in [0.29, 0.717) is 22.4 Å². The fraction of sp³-hybridized carbons (Fsp3) is 0.200. The molecule has 1 nitrogen and oxygen atoms in total. The van der Waals surface area contributed by atoms with Crippen molar-refractivity contribution >= 4 is 23.2 Å². The summed E-state index contributed by atoms with van der Waals surface area (Å²) in [6, 6.07) is 5.11. The van der Waals surface area contributed by atoms with Crippen LogP contribution in [-0.4, -0.2) is 6.61 Å². The van der Waals surface area contributed by atoms with Gasteiger partial charge in [-0.2, -0.15) is 0 Å². The first-order chi connectivity index (χ1) is 6.09. The molecule has 0 saturated heterocycles. The molecule has 0 bridgehead atoms. The first kappa shape index (κ1) is 10.4. The molecule has 3 heteroatoms. The monoisotopic (exact) mass is 216 g/mol. The maximum atomic E-state index is 5.87. The summed E-state index contributed by atoms with van der Waals surface area (Å²) in [7, 11) is 0. The number of ether oxygens (including phenoxy) is 1. The average Bonchev–Trinajstić information content (AvgIpc) is 2.06. The maximum absolute atomic E-state index is 5.87. The van der Waals surface area contributed by atoms with Crippen LogP contribution in [0.4, 0.5) is 0 Å². The lowest BCUT2D eigenvalue weighted by molar-refractivity contribution is 0.353. The third-order valence-corrected chi connectivity index (χ3v) is 1.91. The normalized spacial score (nSPS) is 9.77. The quantitative estimate of drug-likeness (QED) is 0.696. The van der Waals surface area contributed by atoms with E-state index in [1.54, 1.807) is 18.2 Å². The Labute approximate surface area is 87.9 Å². The van der Waals surface area contributed by atoms with E-state index in [0.717, 1.165) is 5.57 Å². The molecule has 0 unspecified atom stereocenters. The van der Waals surface area contributed by atoms with E-state index in [1.165, 1.54) is 0 Å². The lowest BCUT2D eigenvalue weighted by Gasteiger charge is -2.07. The standard InChI is InChI=1S/C10H10Cl2O/c1-7(2)6-13-10-5-8(11)3-4-9(10)12/h3-5H,1,6H2,2H3. The number of hydrogen-bond donors (Lipinski definition) is 0. The van der Waals surface area contributed by atoms with E-state index in [4.69, 9.17) is 27.9 Å². The summed E-state index contributed by atoms with van der Waals surface area (Å²) in [5.41, 5.74) is 0.941. The van der Waals surface area contributed by atoms with Crippen LogP contribution >= 0.6 is 23.2 Å². The van der Waals surface area contributed by atoms with E-state index in [9.17, 15) is 0 Å². The zero-order valence-corrected chi connectivity index (χ0v) is 8.82. The highest BCUT2D eigenvalue weighted by Gasteiger charge is 2.01. The second-order valence-electron chi connectivity index (χ2n) is 2.82. The Morgan fingerprint density at radius 2 is 2.15 bits per heavy atom. The highest BCUT2D eigenvalue weighted by atomic mass is 35.5. The van der Waals surface area contributed by atoms with Gasteiger partial charge in [-0.05, 0) is 24.6 Å². The predicted molar refractivity (Wildman–Crippen MR) is 56.8 cm³/mol. The van der Waals surface area contributed by atoms with Crippen LogP contribution in [0.2, 0.25) is 10.0 Å².